The van der Waals surface area contributed by atoms with Crippen LogP contribution in [0.25, 0.3) is 0 Å². The Kier molecular flexibility index (Phi) is 6.80. The van der Waals surface area contributed by atoms with Crippen LogP contribution in [-0.4, -0.2) is 27.1 Å². The molecular formula is C17H31NSi. The van der Waals surface area contributed by atoms with Gasteiger partial charge in [-0.15, -0.1) is 0 Å². The number of rotatable bonds is 2. The summed E-state index contributed by atoms with van der Waals surface area (Å²) in [7, 11) is 3.46. The fourth-order valence-electron chi connectivity index (χ4n) is 2.62. The van der Waals surface area contributed by atoms with Crippen LogP contribution in [0.2, 0.25) is 24.7 Å². The molecule has 2 heteroatoms. The molecule has 0 aliphatic carbocycles. The van der Waals surface area contributed by atoms with Crippen molar-refractivity contribution in [2.45, 2.75) is 57.4 Å². The summed E-state index contributed by atoms with van der Waals surface area (Å²) >= 11 is 0. The highest BCUT2D eigenvalue weighted by atomic mass is 28.3. The fraction of sp³-hybridized carbons (Fsp3) is 0.647. The van der Waals surface area contributed by atoms with E-state index in [0.717, 1.165) is 12.1 Å². The summed E-state index contributed by atoms with van der Waals surface area (Å²) in [5, 5.41) is 0. The van der Waals surface area contributed by atoms with Gasteiger partial charge in [0.1, 0.15) is 0 Å². The van der Waals surface area contributed by atoms with E-state index in [1.54, 1.807) is 6.04 Å². The molecule has 0 radical (unpaired) electrons. The minimum Gasteiger partial charge on any atom is -0.305 e. The maximum atomic E-state index is 2.54. The first-order chi connectivity index (χ1) is 8.92. The molecular weight excluding hydrogens is 246 g/mol. The molecule has 0 bridgehead atoms. The van der Waals surface area contributed by atoms with Crippen molar-refractivity contribution in [3.63, 3.8) is 0 Å². The van der Waals surface area contributed by atoms with Crippen molar-refractivity contribution in [2.24, 2.45) is 0 Å². The molecule has 0 aromatic heterocycles. The average molecular weight is 278 g/mol. The van der Waals surface area contributed by atoms with Crippen LogP contribution in [0.1, 0.15) is 31.7 Å². The number of hydrogen-bond acceptors (Lipinski definition) is 1. The lowest BCUT2D eigenvalue weighted by Crippen LogP contribution is -2.33. The molecule has 1 unspecified atom stereocenters. The molecule has 2 rings (SSSR count). The lowest BCUT2D eigenvalue weighted by atomic mass is 10.2. The second-order valence-electron chi connectivity index (χ2n) is 6.86. The van der Waals surface area contributed by atoms with Crippen LogP contribution in [0.5, 0.6) is 0 Å². The van der Waals surface area contributed by atoms with Gasteiger partial charge in [-0.2, -0.15) is 0 Å². The van der Waals surface area contributed by atoms with Crippen LogP contribution in [0.4, 0.5) is 0 Å². The van der Waals surface area contributed by atoms with Gasteiger partial charge in [0, 0.05) is 6.54 Å². The minimum atomic E-state index is -0.694. The van der Waals surface area contributed by atoms with Gasteiger partial charge in [0.05, 0.1) is 8.07 Å². The fourth-order valence-corrected chi connectivity index (χ4v) is 5.26. The van der Waals surface area contributed by atoms with Crippen molar-refractivity contribution in [3.8, 4) is 0 Å². The molecule has 1 aliphatic rings. The quantitative estimate of drug-likeness (QED) is 0.686. The summed E-state index contributed by atoms with van der Waals surface area (Å²) < 4.78 is 0. The first-order valence-corrected chi connectivity index (χ1v) is 10.9. The van der Waals surface area contributed by atoms with Crippen molar-refractivity contribution >= 4 is 8.07 Å². The molecule has 1 aromatic rings. The Morgan fingerprint density at radius 2 is 1.74 bits per heavy atom. The third-order valence-electron chi connectivity index (χ3n) is 4.38. The van der Waals surface area contributed by atoms with Gasteiger partial charge in [-0.25, -0.2) is 0 Å². The molecule has 1 heterocycles. The summed E-state index contributed by atoms with van der Waals surface area (Å²) in [5.41, 5.74) is 2.46. The molecule has 1 atom stereocenters. The molecule has 0 amide bonds. The maximum absolute atomic E-state index is 2.54. The zero-order valence-electron chi connectivity index (χ0n) is 13.4. The number of benzene rings is 1. The van der Waals surface area contributed by atoms with E-state index in [4.69, 9.17) is 0 Å². The van der Waals surface area contributed by atoms with E-state index in [1.165, 1.54) is 24.8 Å². The molecule has 0 saturated carbocycles. The van der Waals surface area contributed by atoms with E-state index in [0.29, 0.717) is 0 Å². The second-order valence-corrected chi connectivity index (χ2v) is 12.3. The Labute approximate surface area is 121 Å². The van der Waals surface area contributed by atoms with Crippen LogP contribution in [0.15, 0.2) is 30.3 Å². The van der Waals surface area contributed by atoms with Crippen molar-refractivity contribution in [2.75, 3.05) is 14.1 Å². The highest BCUT2D eigenvalue weighted by Gasteiger charge is 2.30. The topological polar surface area (TPSA) is 3.24 Å². The summed E-state index contributed by atoms with van der Waals surface area (Å²) in [4.78, 5) is 2.16. The monoisotopic (exact) mass is 277 g/mol. The molecule has 1 fully saturated rings. The van der Waals surface area contributed by atoms with Gasteiger partial charge in [-0.3, -0.25) is 0 Å². The van der Waals surface area contributed by atoms with E-state index < -0.39 is 8.07 Å². The van der Waals surface area contributed by atoms with Gasteiger partial charge in [0.15, 0.2) is 0 Å². The molecule has 1 saturated heterocycles. The molecule has 0 spiro atoms. The van der Waals surface area contributed by atoms with Crippen LogP contribution >= 0.6 is 0 Å². The number of nitrogens with zero attached hydrogens (tertiary/aromatic N) is 1. The van der Waals surface area contributed by atoms with Crippen LogP contribution in [0.3, 0.4) is 0 Å². The molecule has 1 aromatic carbocycles. The normalized spacial score (nSPS) is 21.7. The van der Waals surface area contributed by atoms with Gasteiger partial charge < -0.3 is 4.90 Å². The van der Waals surface area contributed by atoms with Crippen LogP contribution in [-0.2, 0) is 6.54 Å². The third-order valence-corrected chi connectivity index (χ3v) is 8.98. The Morgan fingerprint density at radius 1 is 1.11 bits per heavy atom. The van der Waals surface area contributed by atoms with Crippen LogP contribution < -0.4 is 0 Å². The van der Waals surface area contributed by atoms with Gasteiger partial charge >= 0.3 is 0 Å². The lowest BCUT2D eigenvalue weighted by molar-refractivity contribution is 0.402. The average Bonchev–Trinajstić information content (AvgIpc) is 2.34. The smallest absolute Gasteiger partial charge is 0.0502 e. The van der Waals surface area contributed by atoms with Gasteiger partial charge in [0.25, 0.3) is 0 Å². The van der Waals surface area contributed by atoms with Crippen molar-refractivity contribution in [3.05, 3.63) is 35.9 Å². The summed E-state index contributed by atoms with van der Waals surface area (Å²) in [6.07, 6.45) is 4.53. The largest absolute Gasteiger partial charge is 0.305 e. The van der Waals surface area contributed by atoms with Gasteiger partial charge in [-0.05, 0) is 25.2 Å². The zero-order valence-corrected chi connectivity index (χ0v) is 14.4. The van der Waals surface area contributed by atoms with Crippen molar-refractivity contribution in [1.29, 1.82) is 0 Å². The van der Waals surface area contributed by atoms with E-state index >= 15 is 0 Å². The summed E-state index contributed by atoms with van der Waals surface area (Å²) in [6.45, 7) is 8.56. The highest BCUT2D eigenvalue weighted by molar-refractivity contribution is 6.78. The Bertz CT molecular complexity index is 346. The first-order valence-electron chi connectivity index (χ1n) is 7.60. The van der Waals surface area contributed by atoms with E-state index in [9.17, 15) is 0 Å². The SMILES string of the molecule is CC1CCCC[Si]1(C)C.CN(C)Cc1ccccc1. The summed E-state index contributed by atoms with van der Waals surface area (Å²) in [6, 6.07) is 12.0. The predicted octanol–water partition coefficient (Wildman–Crippen LogP) is 5.02. The third kappa shape index (κ3) is 6.39. The zero-order chi connectivity index (χ0) is 14.3. The van der Waals surface area contributed by atoms with Crippen molar-refractivity contribution in [1.82, 2.24) is 4.90 Å². The molecule has 0 N–H and O–H groups in total. The van der Waals surface area contributed by atoms with Crippen LogP contribution in [0, 0.1) is 0 Å². The Balaban J connectivity index is 0.000000191. The minimum absolute atomic E-state index is 0.694. The van der Waals surface area contributed by atoms with E-state index in [1.807, 2.05) is 6.07 Å². The lowest BCUT2D eigenvalue weighted by Gasteiger charge is -2.34. The Morgan fingerprint density at radius 3 is 2.16 bits per heavy atom. The highest BCUT2D eigenvalue weighted by Crippen LogP contribution is 2.36. The Hall–Kier alpha value is -0.603. The maximum Gasteiger partial charge on any atom is 0.0502 e. The van der Waals surface area contributed by atoms with E-state index in [2.05, 4.69) is 63.3 Å². The molecule has 19 heavy (non-hydrogen) atoms. The van der Waals surface area contributed by atoms with Gasteiger partial charge in [-0.1, -0.05) is 75.7 Å². The molecule has 1 nitrogen and oxygen atoms in total. The number of hydrogen-bond donors (Lipinski definition) is 0. The first kappa shape index (κ1) is 16.5. The standard InChI is InChI=1S/C9H13N.C8H18Si/c1-10(2)8-9-6-4-3-5-7-9;1-8-6-4-5-7-9(8,2)3/h3-7H,8H2,1-2H3;8H,4-7H2,1-3H3. The summed E-state index contributed by atoms with van der Waals surface area (Å²) in [5.74, 6) is 0. The molecule has 1 aliphatic heterocycles. The van der Waals surface area contributed by atoms with Gasteiger partial charge in [0.2, 0.25) is 0 Å². The second kappa shape index (κ2) is 7.86. The molecule has 108 valence electrons. The van der Waals surface area contributed by atoms with Crippen molar-refractivity contribution < 1.29 is 0 Å². The van der Waals surface area contributed by atoms with E-state index in [-0.39, 0.29) is 0 Å². The predicted molar refractivity (Wildman–Crippen MR) is 89.4 cm³/mol.